The van der Waals surface area contributed by atoms with Crippen LogP contribution in [0.4, 0.5) is 0 Å². The SMILES string of the molecule is CCOC(=NNC(=O)c1ncn2c1[C@@H]1CCCN1C(=O)c1c(Cl)cccc1-2)c1ccccc1. The normalized spacial score (nSPS) is 17.2. The third-order valence-corrected chi connectivity index (χ3v) is 6.19. The third kappa shape index (κ3) is 3.66. The molecule has 0 aliphatic carbocycles. The first-order chi connectivity index (χ1) is 16.1. The zero-order chi connectivity index (χ0) is 22.9. The Hall–Kier alpha value is -3.65. The van der Waals surface area contributed by atoms with E-state index in [1.54, 1.807) is 27.9 Å². The lowest BCUT2D eigenvalue weighted by Gasteiger charge is -2.23. The molecule has 2 aliphatic heterocycles. The second-order valence-corrected chi connectivity index (χ2v) is 8.20. The summed E-state index contributed by atoms with van der Waals surface area (Å²) in [7, 11) is 0. The van der Waals surface area contributed by atoms with Gasteiger partial charge in [-0.05, 0) is 44.0 Å². The molecule has 3 aromatic rings. The minimum atomic E-state index is -0.471. The van der Waals surface area contributed by atoms with Crippen molar-refractivity contribution in [2.45, 2.75) is 25.8 Å². The molecule has 0 unspecified atom stereocenters. The van der Waals surface area contributed by atoms with E-state index in [4.69, 9.17) is 16.3 Å². The Bertz CT molecular complexity index is 1250. The van der Waals surface area contributed by atoms with E-state index in [0.29, 0.717) is 41.0 Å². The number of amides is 2. The van der Waals surface area contributed by atoms with E-state index in [2.05, 4.69) is 15.5 Å². The van der Waals surface area contributed by atoms with Gasteiger partial charge in [-0.15, -0.1) is 5.10 Å². The van der Waals surface area contributed by atoms with E-state index in [1.165, 1.54) is 0 Å². The topological polar surface area (TPSA) is 88.8 Å². The maximum Gasteiger partial charge on any atom is 0.292 e. The van der Waals surface area contributed by atoms with Gasteiger partial charge in [-0.3, -0.25) is 14.2 Å². The summed E-state index contributed by atoms with van der Waals surface area (Å²) in [6.45, 7) is 2.85. The zero-order valence-electron chi connectivity index (χ0n) is 18.0. The van der Waals surface area contributed by atoms with Gasteiger partial charge >= 0.3 is 0 Å². The van der Waals surface area contributed by atoms with Crippen molar-refractivity contribution in [1.29, 1.82) is 0 Å². The van der Waals surface area contributed by atoms with Crippen LogP contribution in [-0.2, 0) is 4.74 Å². The number of aromatic nitrogens is 2. The Labute approximate surface area is 195 Å². The van der Waals surface area contributed by atoms with E-state index in [9.17, 15) is 9.59 Å². The smallest absolute Gasteiger partial charge is 0.292 e. The molecule has 1 N–H and O–H groups in total. The van der Waals surface area contributed by atoms with Crippen LogP contribution >= 0.6 is 11.6 Å². The molecule has 2 aromatic carbocycles. The van der Waals surface area contributed by atoms with Crippen LogP contribution in [0.15, 0.2) is 60.0 Å². The molecule has 1 saturated heterocycles. The molecular weight excluding hydrogens is 442 g/mol. The standard InChI is InChI=1S/C24H22ClN5O3/c1-2-33-23(15-8-4-3-5-9-15)28-27-22(31)20-21-18-12-7-13-29(18)24(32)19-16(25)10-6-11-17(19)30(21)14-26-20/h3-6,8-11,14,18H,2,7,12-13H2,1H3,(H,27,31)/t18-/m0/s1. The molecule has 33 heavy (non-hydrogen) atoms. The molecule has 0 saturated carbocycles. The minimum Gasteiger partial charge on any atom is -0.477 e. The Morgan fingerprint density at radius 1 is 1.24 bits per heavy atom. The molecule has 1 atom stereocenters. The number of carbonyl (C=O) groups excluding carboxylic acids is 2. The number of halogens is 1. The fourth-order valence-electron chi connectivity index (χ4n) is 4.46. The number of hydrazone groups is 1. The van der Waals surface area contributed by atoms with Crippen LogP contribution in [-0.4, -0.2) is 45.3 Å². The van der Waals surface area contributed by atoms with E-state index in [1.807, 2.05) is 43.3 Å². The second-order valence-electron chi connectivity index (χ2n) is 7.80. The minimum absolute atomic E-state index is 0.131. The molecule has 0 bridgehead atoms. The van der Waals surface area contributed by atoms with E-state index < -0.39 is 5.91 Å². The third-order valence-electron chi connectivity index (χ3n) is 5.87. The molecule has 1 aromatic heterocycles. The van der Waals surface area contributed by atoms with Gasteiger partial charge < -0.3 is 9.64 Å². The van der Waals surface area contributed by atoms with Crippen LogP contribution in [0.3, 0.4) is 0 Å². The Morgan fingerprint density at radius 3 is 2.85 bits per heavy atom. The maximum atomic E-state index is 13.3. The summed E-state index contributed by atoms with van der Waals surface area (Å²) in [5, 5.41) is 4.59. The zero-order valence-corrected chi connectivity index (χ0v) is 18.7. The second kappa shape index (κ2) is 8.71. The summed E-state index contributed by atoms with van der Waals surface area (Å²) in [6.07, 6.45) is 3.14. The number of nitrogens with zero attached hydrogens (tertiary/aromatic N) is 4. The molecular formula is C24H22ClN5O3. The fraction of sp³-hybridized carbons (Fsp3) is 0.250. The number of benzene rings is 2. The van der Waals surface area contributed by atoms with Crippen molar-refractivity contribution in [3.05, 3.63) is 82.4 Å². The van der Waals surface area contributed by atoms with Crippen molar-refractivity contribution in [3.63, 3.8) is 0 Å². The lowest BCUT2D eigenvalue weighted by molar-refractivity contribution is 0.0735. The average Bonchev–Trinajstić information content (AvgIpc) is 3.46. The number of hydrogen-bond acceptors (Lipinski definition) is 5. The van der Waals surface area contributed by atoms with E-state index in [0.717, 1.165) is 18.4 Å². The fourth-order valence-corrected chi connectivity index (χ4v) is 4.71. The van der Waals surface area contributed by atoms with Crippen LogP contribution in [0.1, 0.15) is 57.9 Å². The summed E-state index contributed by atoms with van der Waals surface area (Å²) in [5.41, 5.74) is 5.26. The first kappa shape index (κ1) is 21.2. The van der Waals surface area contributed by atoms with Crippen LogP contribution < -0.4 is 5.43 Å². The Kier molecular flexibility index (Phi) is 5.60. The van der Waals surface area contributed by atoms with Gasteiger partial charge in [0.05, 0.1) is 34.6 Å². The summed E-state index contributed by atoms with van der Waals surface area (Å²) in [5.74, 6) is -0.290. The van der Waals surface area contributed by atoms with Gasteiger partial charge in [0.15, 0.2) is 5.69 Å². The molecule has 8 nitrogen and oxygen atoms in total. The molecule has 168 valence electrons. The lowest BCUT2D eigenvalue weighted by Crippen LogP contribution is -2.31. The maximum absolute atomic E-state index is 13.3. The number of hydrogen-bond donors (Lipinski definition) is 1. The Balaban J connectivity index is 1.55. The van der Waals surface area contributed by atoms with Gasteiger partial charge in [0.1, 0.15) is 6.33 Å². The van der Waals surface area contributed by atoms with Crippen molar-refractivity contribution >= 4 is 29.3 Å². The number of ether oxygens (including phenoxy) is 1. The van der Waals surface area contributed by atoms with Crippen LogP contribution in [0.2, 0.25) is 5.02 Å². The molecule has 2 aliphatic rings. The van der Waals surface area contributed by atoms with Gasteiger partial charge in [-0.1, -0.05) is 35.9 Å². The lowest BCUT2D eigenvalue weighted by atomic mass is 10.1. The van der Waals surface area contributed by atoms with Crippen LogP contribution in [0.5, 0.6) is 0 Å². The molecule has 3 heterocycles. The van der Waals surface area contributed by atoms with Crippen LogP contribution in [0, 0.1) is 0 Å². The molecule has 1 fully saturated rings. The van der Waals surface area contributed by atoms with E-state index >= 15 is 0 Å². The first-order valence-corrected chi connectivity index (χ1v) is 11.2. The van der Waals surface area contributed by atoms with Crippen molar-refractivity contribution in [2.75, 3.05) is 13.2 Å². The highest BCUT2D eigenvalue weighted by Gasteiger charge is 2.40. The van der Waals surface area contributed by atoms with Crippen molar-refractivity contribution in [1.82, 2.24) is 19.9 Å². The van der Waals surface area contributed by atoms with Gasteiger partial charge in [-0.25, -0.2) is 10.4 Å². The highest BCUT2D eigenvalue weighted by Crippen LogP contribution is 2.41. The number of imidazole rings is 1. The monoisotopic (exact) mass is 463 g/mol. The summed E-state index contributed by atoms with van der Waals surface area (Å²) in [4.78, 5) is 32.7. The Morgan fingerprint density at radius 2 is 2.06 bits per heavy atom. The molecule has 5 rings (SSSR count). The average molecular weight is 464 g/mol. The summed E-state index contributed by atoms with van der Waals surface area (Å²) >= 11 is 6.42. The van der Waals surface area contributed by atoms with Crippen molar-refractivity contribution < 1.29 is 14.3 Å². The molecule has 2 amide bonds. The number of nitrogens with one attached hydrogen (secondary N) is 1. The summed E-state index contributed by atoms with van der Waals surface area (Å²) in [6, 6.07) is 14.4. The summed E-state index contributed by atoms with van der Waals surface area (Å²) < 4.78 is 7.41. The highest BCUT2D eigenvalue weighted by atomic mass is 35.5. The van der Waals surface area contributed by atoms with Gasteiger partial charge in [0.25, 0.3) is 11.8 Å². The van der Waals surface area contributed by atoms with E-state index in [-0.39, 0.29) is 17.6 Å². The van der Waals surface area contributed by atoms with Crippen molar-refractivity contribution in [3.8, 4) is 5.69 Å². The van der Waals surface area contributed by atoms with Crippen molar-refractivity contribution in [2.24, 2.45) is 5.10 Å². The predicted octanol–water partition coefficient (Wildman–Crippen LogP) is 3.94. The first-order valence-electron chi connectivity index (χ1n) is 10.8. The predicted molar refractivity (Wildman–Crippen MR) is 124 cm³/mol. The molecule has 0 spiro atoms. The molecule has 0 radical (unpaired) electrons. The number of rotatable bonds is 4. The van der Waals surface area contributed by atoms with Gasteiger partial charge in [0, 0.05) is 12.1 Å². The van der Waals surface area contributed by atoms with Crippen LogP contribution in [0.25, 0.3) is 5.69 Å². The molecule has 9 heteroatoms. The quantitative estimate of drug-likeness (QED) is 0.360. The number of carbonyl (C=O) groups is 2. The van der Waals surface area contributed by atoms with Gasteiger partial charge in [-0.2, -0.15) is 0 Å². The highest BCUT2D eigenvalue weighted by molar-refractivity contribution is 6.34. The number of fused-ring (bicyclic) bond motifs is 5. The van der Waals surface area contributed by atoms with Gasteiger partial charge in [0.2, 0.25) is 5.90 Å². The largest absolute Gasteiger partial charge is 0.477 e.